The van der Waals surface area contributed by atoms with E-state index in [1.54, 1.807) is 23.7 Å². The summed E-state index contributed by atoms with van der Waals surface area (Å²) in [6.07, 6.45) is 5.33. The molecule has 0 saturated carbocycles. The number of rotatable bonds is 5. The number of pyridine rings is 1. The van der Waals surface area contributed by atoms with E-state index < -0.39 is 0 Å². The van der Waals surface area contributed by atoms with Crippen LogP contribution in [-0.4, -0.2) is 15.8 Å². The minimum absolute atomic E-state index is 0.246. The Morgan fingerprint density at radius 3 is 2.76 bits per heavy atom. The molecule has 0 saturated heterocycles. The van der Waals surface area contributed by atoms with Gasteiger partial charge in [0.1, 0.15) is 10.8 Å². The van der Waals surface area contributed by atoms with Gasteiger partial charge in [-0.05, 0) is 31.0 Å². The van der Waals surface area contributed by atoms with Gasteiger partial charge in [-0.15, -0.1) is 11.3 Å². The number of hydrogen-bond acceptors (Lipinski definition) is 4. The van der Waals surface area contributed by atoms with E-state index in [0.717, 1.165) is 22.7 Å². The van der Waals surface area contributed by atoms with Crippen molar-refractivity contribution < 1.29 is 4.79 Å². The smallest absolute Gasteiger partial charge is 0.140 e. The van der Waals surface area contributed by atoms with Crippen LogP contribution in [0.1, 0.15) is 22.7 Å². The van der Waals surface area contributed by atoms with Crippen LogP contribution in [0.25, 0.3) is 0 Å². The molecular formula is C13H14N2OS. The second-order valence-electron chi connectivity index (χ2n) is 3.95. The number of nitrogens with zero attached hydrogens (tertiary/aromatic N) is 2. The lowest BCUT2D eigenvalue weighted by Gasteiger charge is -1.99. The number of thiazole rings is 1. The van der Waals surface area contributed by atoms with Gasteiger partial charge in [0.2, 0.25) is 0 Å². The van der Waals surface area contributed by atoms with Gasteiger partial charge in [0.05, 0.1) is 6.42 Å². The van der Waals surface area contributed by atoms with Crippen LogP contribution in [0.2, 0.25) is 0 Å². The topological polar surface area (TPSA) is 42.9 Å². The van der Waals surface area contributed by atoms with Crippen molar-refractivity contribution in [3.63, 3.8) is 0 Å². The average molecular weight is 246 g/mol. The Morgan fingerprint density at radius 2 is 2.12 bits per heavy atom. The van der Waals surface area contributed by atoms with Crippen LogP contribution in [-0.2, 0) is 17.6 Å². The Morgan fingerprint density at radius 1 is 1.35 bits per heavy atom. The molecule has 2 aromatic heterocycles. The Labute approximate surface area is 105 Å². The summed E-state index contributed by atoms with van der Waals surface area (Å²) < 4.78 is 0. The SMILES string of the molecule is Cc1csc(CC(=O)CCc2ccncc2)n1. The first-order chi connectivity index (χ1) is 8.24. The fourth-order valence-electron chi connectivity index (χ4n) is 1.57. The van der Waals surface area contributed by atoms with E-state index in [1.807, 2.05) is 24.4 Å². The normalized spacial score (nSPS) is 10.4. The Bertz CT molecular complexity index is 493. The molecule has 0 spiro atoms. The van der Waals surface area contributed by atoms with Gasteiger partial charge in [-0.3, -0.25) is 9.78 Å². The third kappa shape index (κ3) is 3.75. The molecule has 2 aromatic rings. The first kappa shape index (κ1) is 11.9. The Hall–Kier alpha value is -1.55. The summed E-state index contributed by atoms with van der Waals surface area (Å²) in [6.45, 7) is 1.95. The zero-order chi connectivity index (χ0) is 12.1. The van der Waals surface area contributed by atoms with Gasteiger partial charge in [0, 0.05) is 29.9 Å². The van der Waals surface area contributed by atoms with Crippen LogP contribution in [0, 0.1) is 6.92 Å². The van der Waals surface area contributed by atoms with Gasteiger partial charge in [-0.2, -0.15) is 0 Å². The molecule has 0 aliphatic rings. The highest BCUT2D eigenvalue weighted by molar-refractivity contribution is 7.09. The summed E-state index contributed by atoms with van der Waals surface area (Å²) in [5, 5.41) is 2.90. The minimum Gasteiger partial charge on any atom is -0.299 e. The second kappa shape index (κ2) is 5.68. The summed E-state index contributed by atoms with van der Waals surface area (Å²) in [4.78, 5) is 20.0. The third-order valence-corrected chi connectivity index (χ3v) is 3.42. The monoisotopic (exact) mass is 246 g/mol. The molecule has 0 aromatic carbocycles. The van der Waals surface area contributed by atoms with Gasteiger partial charge in [0.25, 0.3) is 0 Å². The lowest BCUT2D eigenvalue weighted by molar-refractivity contribution is -0.118. The lowest BCUT2D eigenvalue weighted by Crippen LogP contribution is -2.04. The molecule has 0 aliphatic carbocycles. The average Bonchev–Trinajstić information content (AvgIpc) is 2.73. The van der Waals surface area contributed by atoms with Gasteiger partial charge in [0.15, 0.2) is 0 Å². The van der Waals surface area contributed by atoms with E-state index in [1.165, 1.54) is 0 Å². The zero-order valence-electron chi connectivity index (χ0n) is 9.72. The number of carbonyl (C=O) groups is 1. The van der Waals surface area contributed by atoms with E-state index in [0.29, 0.717) is 12.8 Å². The number of aryl methyl sites for hydroxylation is 2. The molecule has 2 heterocycles. The van der Waals surface area contributed by atoms with E-state index in [-0.39, 0.29) is 5.78 Å². The van der Waals surface area contributed by atoms with Crippen molar-refractivity contribution in [3.8, 4) is 0 Å². The van der Waals surface area contributed by atoms with Gasteiger partial charge in [-0.1, -0.05) is 0 Å². The summed E-state index contributed by atoms with van der Waals surface area (Å²) in [6, 6.07) is 3.89. The van der Waals surface area contributed by atoms with Crippen molar-refractivity contribution in [2.24, 2.45) is 0 Å². The van der Waals surface area contributed by atoms with Gasteiger partial charge in [-0.25, -0.2) is 4.98 Å². The number of Topliss-reactive ketones (excluding diaryl/α,β-unsaturated/α-hetero) is 1. The maximum Gasteiger partial charge on any atom is 0.140 e. The molecule has 0 aliphatic heterocycles. The van der Waals surface area contributed by atoms with E-state index in [2.05, 4.69) is 9.97 Å². The molecule has 0 bridgehead atoms. The molecule has 3 nitrogen and oxygen atoms in total. The number of hydrogen-bond donors (Lipinski definition) is 0. The summed E-state index contributed by atoms with van der Waals surface area (Å²) in [5.74, 6) is 0.246. The maximum atomic E-state index is 11.7. The number of ketones is 1. The molecule has 2 rings (SSSR count). The zero-order valence-corrected chi connectivity index (χ0v) is 10.5. The van der Waals surface area contributed by atoms with E-state index in [4.69, 9.17) is 0 Å². The van der Waals surface area contributed by atoms with Crippen LogP contribution in [0.4, 0.5) is 0 Å². The van der Waals surface area contributed by atoms with E-state index in [9.17, 15) is 4.79 Å². The molecule has 0 radical (unpaired) electrons. The Kier molecular flexibility index (Phi) is 3.98. The van der Waals surface area contributed by atoms with Crippen LogP contribution in [0.15, 0.2) is 29.9 Å². The Balaban J connectivity index is 1.82. The van der Waals surface area contributed by atoms with Crippen molar-refractivity contribution in [1.29, 1.82) is 0 Å². The highest BCUT2D eigenvalue weighted by Crippen LogP contribution is 2.11. The maximum absolute atomic E-state index is 11.7. The predicted molar refractivity (Wildman–Crippen MR) is 68.1 cm³/mol. The number of carbonyl (C=O) groups excluding carboxylic acids is 1. The summed E-state index contributed by atoms with van der Waals surface area (Å²) >= 11 is 1.56. The van der Waals surface area contributed by atoms with Crippen molar-refractivity contribution >= 4 is 17.1 Å². The van der Waals surface area contributed by atoms with Crippen LogP contribution in [0.5, 0.6) is 0 Å². The predicted octanol–water partition coefficient (Wildman–Crippen LogP) is 2.59. The standard InChI is InChI=1S/C13H14N2OS/c1-10-9-17-13(15-10)8-12(16)3-2-11-4-6-14-7-5-11/h4-7,9H,2-3,8H2,1H3. The molecular weight excluding hydrogens is 232 g/mol. The van der Waals surface area contributed by atoms with Crippen LogP contribution >= 0.6 is 11.3 Å². The quantitative estimate of drug-likeness (QED) is 0.814. The van der Waals surface area contributed by atoms with Crippen LogP contribution in [0.3, 0.4) is 0 Å². The molecule has 17 heavy (non-hydrogen) atoms. The van der Waals surface area contributed by atoms with Gasteiger partial charge < -0.3 is 0 Å². The highest BCUT2D eigenvalue weighted by Gasteiger charge is 2.07. The largest absolute Gasteiger partial charge is 0.299 e. The first-order valence-corrected chi connectivity index (χ1v) is 6.43. The second-order valence-corrected chi connectivity index (χ2v) is 4.90. The highest BCUT2D eigenvalue weighted by atomic mass is 32.1. The minimum atomic E-state index is 0.246. The van der Waals surface area contributed by atoms with Crippen molar-refractivity contribution in [3.05, 3.63) is 46.2 Å². The molecule has 0 atom stereocenters. The molecule has 0 unspecified atom stereocenters. The number of aromatic nitrogens is 2. The van der Waals surface area contributed by atoms with Crippen molar-refractivity contribution in [2.45, 2.75) is 26.2 Å². The van der Waals surface area contributed by atoms with Gasteiger partial charge >= 0.3 is 0 Å². The fraction of sp³-hybridized carbons (Fsp3) is 0.308. The third-order valence-electron chi connectivity index (χ3n) is 2.46. The fourth-order valence-corrected chi connectivity index (χ4v) is 2.37. The molecule has 4 heteroatoms. The molecule has 0 N–H and O–H groups in total. The van der Waals surface area contributed by atoms with Crippen LogP contribution < -0.4 is 0 Å². The molecule has 0 fully saturated rings. The summed E-state index contributed by atoms with van der Waals surface area (Å²) in [7, 11) is 0. The summed E-state index contributed by atoms with van der Waals surface area (Å²) in [5.41, 5.74) is 2.15. The van der Waals surface area contributed by atoms with Crippen molar-refractivity contribution in [2.75, 3.05) is 0 Å². The lowest BCUT2D eigenvalue weighted by atomic mass is 10.1. The van der Waals surface area contributed by atoms with Crippen molar-refractivity contribution in [1.82, 2.24) is 9.97 Å². The molecule has 88 valence electrons. The van der Waals surface area contributed by atoms with E-state index >= 15 is 0 Å². The molecule has 0 amide bonds. The first-order valence-electron chi connectivity index (χ1n) is 5.55.